The first-order valence-electron chi connectivity index (χ1n) is 11.9. The van der Waals surface area contributed by atoms with E-state index in [-0.39, 0.29) is 24.2 Å². The van der Waals surface area contributed by atoms with Crippen molar-refractivity contribution in [3.63, 3.8) is 0 Å². The molecule has 2 heterocycles. The number of carbonyl (C=O) groups excluding carboxylic acids is 2. The number of halogens is 1. The lowest BCUT2D eigenvalue weighted by molar-refractivity contribution is 0.0942. The predicted octanol–water partition coefficient (Wildman–Crippen LogP) is 2.94. The van der Waals surface area contributed by atoms with Crippen molar-refractivity contribution < 1.29 is 18.7 Å². The monoisotopic (exact) mass is 485 g/mol. The van der Waals surface area contributed by atoms with E-state index in [0.717, 1.165) is 32.2 Å². The van der Waals surface area contributed by atoms with Gasteiger partial charge in [0.15, 0.2) is 5.69 Å². The average molecular weight is 486 g/mol. The highest BCUT2D eigenvalue weighted by atomic mass is 19.1. The van der Waals surface area contributed by atoms with E-state index in [0.29, 0.717) is 43.1 Å². The third-order valence-electron chi connectivity index (χ3n) is 5.26. The highest BCUT2D eigenvalue weighted by molar-refractivity contribution is 5.95. The average Bonchev–Trinajstić information content (AvgIpc) is 3.56. The minimum Gasteiger partial charge on any atom is -0.491 e. The predicted molar refractivity (Wildman–Crippen MR) is 128 cm³/mol. The summed E-state index contributed by atoms with van der Waals surface area (Å²) < 4.78 is 21.6. The highest BCUT2D eigenvalue weighted by Gasteiger charge is 2.16. The topological polar surface area (TPSA) is 116 Å². The number of aromatic nitrogens is 5. The third kappa shape index (κ3) is 7.90. The van der Waals surface area contributed by atoms with Crippen molar-refractivity contribution in [1.29, 1.82) is 0 Å². The second-order valence-electron chi connectivity index (χ2n) is 7.95. The number of rotatable bonds is 15. The smallest absolute Gasteiger partial charge is 0.273 e. The molecule has 0 saturated carbocycles. The van der Waals surface area contributed by atoms with Crippen LogP contribution in [0.2, 0.25) is 0 Å². The summed E-state index contributed by atoms with van der Waals surface area (Å²) in [6.07, 6.45) is 10.5. The molecule has 3 aromatic rings. The molecule has 188 valence electrons. The normalized spacial score (nSPS) is 10.8. The van der Waals surface area contributed by atoms with E-state index < -0.39 is 0 Å². The lowest BCUT2D eigenvalue weighted by Crippen LogP contribution is -2.25. The van der Waals surface area contributed by atoms with E-state index >= 15 is 0 Å². The molecule has 0 atom stereocenters. The van der Waals surface area contributed by atoms with Gasteiger partial charge in [-0.15, -0.1) is 5.10 Å². The van der Waals surface area contributed by atoms with Crippen LogP contribution < -0.4 is 15.4 Å². The van der Waals surface area contributed by atoms with Crippen LogP contribution in [-0.2, 0) is 6.54 Å². The Hall–Kier alpha value is -3.76. The second-order valence-corrected chi connectivity index (χ2v) is 7.95. The molecule has 1 aromatic carbocycles. The molecule has 10 nitrogen and oxygen atoms in total. The van der Waals surface area contributed by atoms with Crippen molar-refractivity contribution in [2.24, 2.45) is 0 Å². The van der Waals surface area contributed by atoms with E-state index in [2.05, 4.69) is 25.9 Å². The number of carbonyl (C=O) groups is 2. The molecule has 0 aliphatic carbocycles. The third-order valence-corrected chi connectivity index (χ3v) is 5.26. The first kappa shape index (κ1) is 25.9. The van der Waals surface area contributed by atoms with Crippen LogP contribution in [0.4, 0.5) is 4.39 Å². The van der Waals surface area contributed by atoms with Crippen molar-refractivity contribution in [2.75, 3.05) is 26.4 Å². The number of hydrogen-bond acceptors (Lipinski definition) is 6. The quantitative estimate of drug-likeness (QED) is 0.320. The summed E-state index contributed by atoms with van der Waals surface area (Å²) in [5.41, 5.74) is 1.20. The molecular weight excluding hydrogens is 453 g/mol. The fourth-order valence-electron chi connectivity index (χ4n) is 3.41. The van der Waals surface area contributed by atoms with Crippen LogP contribution in [0.25, 0.3) is 5.69 Å². The molecule has 2 N–H and O–H groups in total. The number of alkyl halides is 1. The van der Waals surface area contributed by atoms with Gasteiger partial charge < -0.3 is 19.9 Å². The van der Waals surface area contributed by atoms with Crippen molar-refractivity contribution in [3.05, 3.63) is 54.4 Å². The van der Waals surface area contributed by atoms with Gasteiger partial charge in [-0.05, 0) is 50.8 Å². The number of nitrogens with zero attached hydrogens (tertiary/aromatic N) is 5. The number of unbranched alkanes of at least 4 members (excludes halogenated alkanes) is 3. The first-order valence-corrected chi connectivity index (χ1v) is 11.9. The lowest BCUT2D eigenvalue weighted by Gasteiger charge is -2.13. The SMILES string of the molecule is CCNC(=O)c1ccc(-n2cc(C(=O)NCCCn3ccnc3)nn2)c(OCCCCCCF)c1. The summed E-state index contributed by atoms with van der Waals surface area (Å²) in [5, 5.41) is 13.7. The van der Waals surface area contributed by atoms with E-state index in [1.807, 2.05) is 17.7 Å². The summed E-state index contributed by atoms with van der Waals surface area (Å²) in [6.45, 7) is 3.70. The highest BCUT2D eigenvalue weighted by Crippen LogP contribution is 2.25. The van der Waals surface area contributed by atoms with Gasteiger partial charge >= 0.3 is 0 Å². The number of nitrogens with one attached hydrogen (secondary N) is 2. The van der Waals surface area contributed by atoms with Crippen LogP contribution in [0, 0.1) is 0 Å². The van der Waals surface area contributed by atoms with E-state index in [1.165, 1.54) is 10.9 Å². The molecule has 2 amide bonds. The first-order chi connectivity index (χ1) is 17.1. The van der Waals surface area contributed by atoms with Crippen LogP contribution >= 0.6 is 0 Å². The van der Waals surface area contributed by atoms with Gasteiger partial charge in [-0.2, -0.15) is 0 Å². The Morgan fingerprint density at radius 2 is 1.94 bits per heavy atom. The fourth-order valence-corrected chi connectivity index (χ4v) is 3.41. The van der Waals surface area contributed by atoms with Gasteiger partial charge in [0.1, 0.15) is 11.4 Å². The standard InChI is InChI=1S/C24H32FN7O3/c1-2-27-23(33)19-8-9-21(22(16-19)35-15-6-4-3-5-10-25)32-17-20(29-30-32)24(34)28-11-7-13-31-14-12-26-18-31/h8-9,12,14,16-18H,2-7,10-11,13,15H2,1H3,(H,27,33)(H,28,34). The minimum absolute atomic E-state index is 0.178. The summed E-state index contributed by atoms with van der Waals surface area (Å²) in [4.78, 5) is 28.8. The maximum atomic E-state index is 12.5. The zero-order valence-electron chi connectivity index (χ0n) is 20.0. The Balaban J connectivity index is 1.64. The van der Waals surface area contributed by atoms with Crippen LogP contribution in [0.5, 0.6) is 5.75 Å². The molecule has 0 bridgehead atoms. The number of amides is 2. The number of benzene rings is 1. The van der Waals surface area contributed by atoms with Gasteiger partial charge in [0.05, 0.1) is 25.8 Å². The molecule has 3 rings (SSSR count). The van der Waals surface area contributed by atoms with E-state index in [1.54, 1.807) is 30.7 Å². The van der Waals surface area contributed by atoms with Gasteiger partial charge in [-0.25, -0.2) is 9.67 Å². The van der Waals surface area contributed by atoms with Gasteiger partial charge in [-0.3, -0.25) is 14.0 Å². The summed E-state index contributed by atoms with van der Waals surface area (Å²) in [6, 6.07) is 5.04. The summed E-state index contributed by atoms with van der Waals surface area (Å²) in [7, 11) is 0. The van der Waals surface area contributed by atoms with Gasteiger partial charge in [0, 0.05) is 37.6 Å². The van der Waals surface area contributed by atoms with Crippen molar-refractivity contribution in [2.45, 2.75) is 45.6 Å². The Morgan fingerprint density at radius 1 is 1.09 bits per heavy atom. The molecule has 0 aliphatic heterocycles. The maximum Gasteiger partial charge on any atom is 0.273 e. The summed E-state index contributed by atoms with van der Waals surface area (Å²) >= 11 is 0. The molecule has 0 saturated heterocycles. The molecule has 35 heavy (non-hydrogen) atoms. The second kappa shape index (κ2) is 13.8. The zero-order chi connectivity index (χ0) is 24.9. The Kier molecular flexibility index (Phi) is 10.2. The van der Waals surface area contributed by atoms with Gasteiger partial charge in [0.25, 0.3) is 11.8 Å². The molecule has 2 aromatic heterocycles. The fraction of sp³-hybridized carbons (Fsp3) is 0.458. The van der Waals surface area contributed by atoms with Crippen molar-refractivity contribution >= 4 is 11.8 Å². The molecule has 0 aliphatic rings. The van der Waals surface area contributed by atoms with Crippen molar-refractivity contribution in [3.8, 4) is 11.4 Å². The summed E-state index contributed by atoms with van der Waals surface area (Å²) in [5.74, 6) is -0.0752. The lowest BCUT2D eigenvalue weighted by atomic mass is 10.1. The van der Waals surface area contributed by atoms with Crippen LogP contribution in [0.1, 0.15) is 59.9 Å². The van der Waals surface area contributed by atoms with Crippen LogP contribution in [-0.4, -0.2) is 62.7 Å². The number of hydrogen-bond donors (Lipinski definition) is 2. The molecule has 0 radical (unpaired) electrons. The largest absolute Gasteiger partial charge is 0.491 e. The van der Waals surface area contributed by atoms with Crippen molar-refractivity contribution in [1.82, 2.24) is 35.2 Å². The zero-order valence-corrected chi connectivity index (χ0v) is 20.0. The number of ether oxygens (including phenoxy) is 1. The maximum absolute atomic E-state index is 12.5. The Labute approximate surface area is 203 Å². The van der Waals surface area contributed by atoms with E-state index in [9.17, 15) is 14.0 Å². The van der Waals surface area contributed by atoms with Crippen LogP contribution in [0.3, 0.4) is 0 Å². The number of aryl methyl sites for hydroxylation is 1. The Bertz CT molecular complexity index is 1070. The molecule has 0 spiro atoms. The van der Waals surface area contributed by atoms with Gasteiger partial charge in [-0.1, -0.05) is 11.6 Å². The molecule has 0 fully saturated rings. The molecule has 11 heteroatoms. The molecule has 0 unspecified atom stereocenters. The van der Waals surface area contributed by atoms with Gasteiger partial charge in [0.2, 0.25) is 0 Å². The minimum atomic E-state index is -0.323. The Morgan fingerprint density at radius 3 is 2.71 bits per heavy atom. The van der Waals surface area contributed by atoms with E-state index in [4.69, 9.17) is 4.74 Å². The molecular formula is C24H32FN7O3. The van der Waals surface area contributed by atoms with Crippen LogP contribution in [0.15, 0.2) is 43.1 Å². The number of imidazole rings is 1.